The van der Waals surface area contributed by atoms with E-state index >= 15 is 0 Å². The Kier molecular flexibility index (Phi) is 4.26. The van der Waals surface area contributed by atoms with Gasteiger partial charge < -0.3 is 5.73 Å². The molecule has 0 spiro atoms. The molecule has 106 valence electrons. The van der Waals surface area contributed by atoms with E-state index in [1.807, 2.05) is 12.1 Å². The Labute approximate surface area is 115 Å². The van der Waals surface area contributed by atoms with E-state index < -0.39 is 0 Å². The van der Waals surface area contributed by atoms with Gasteiger partial charge in [0.25, 0.3) is 0 Å². The zero-order valence-electron chi connectivity index (χ0n) is 12.2. The van der Waals surface area contributed by atoms with Gasteiger partial charge in [0.1, 0.15) is 5.82 Å². The van der Waals surface area contributed by atoms with Gasteiger partial charge >= 0.3 is 0 Å². The Morgan fingerprint density at radius 1 is 1.42 bits per heavy atom. The third kappa shape index (κ3) is 3.34. The summed E-state index contributed by atoms with van der Waals surface area (Å²) in [6, 6.07) is 7.00. The van der Waals surface area contributed by atoms with Gasteiger partial charge in [0.15, 0.2) is 0 Å². The summed E-state index contributed by atoms with van der Waals surface area (Å²) in [7, 11) is 2.11. The van der Waals surface area contributed by atoms with Crippen LogP contribution in [0.25, 0.3) is 0 Å². The number of halogens is 1. The van der Waals surface area contributed by atoms with Crippen LogP contribution >= 0.6 is 0 Å². The minimum absolute atomic E-state index is 0.129. The lowest BCUT2D eigenvalue weighted by atomic mass is 9.90. The minimum atomic E-state index is -0.176. The van der Waals surface area contributed by atoms with Gasteiger partial charge in [-0.05, 0) is 50.3 Å². The first-order valence-electron chi connectivity index (χ1n) is 7.11. The Hall–Kier alpha value is -0.930. The van der Waals surface area contributed by atoms with Crippen molar-refractivity contribution in [2.45, 2.75) is 32.2 Å². The van der Waals surface area contributed by atoms with Crippen molar-refractivity contribution in [2.24, 2.45) is 17.6 Å². The quantitative estimate of drug-likeness (QED) is 0.856. The van der Waals surface area contributed by atoms with Gasteiger partial charge in [-0.3, -0.25) is 4.90 Å². The van der Waals surface area contributed by atoms with E-state index in [-0.39, 0.29) is 11.4 Å². The van der Waals surface area contributed by atoms with Gasteiger partial charge in [-0.2, -0.15) is 0 Å². The molecule has 2 N–H and O–H groups in total. The molecule has 0 bridgehead atoms. The highest BCUT2D eigenvalue weighted by atomic mass is 19.1. The molecule has 0 heterocycles. The molecule has 3 heteroatoms. The number of hydrogen-bond donors (Lipinski definition) is 1. The normalized spacial score (nSPS) is 25.4. The maximum absolute atomic E-state index is 13.8. The molecule has 0 amide bonds. The molecule has 0 aliphatic heterocycles. The molecule has 0 radical (unpaired) electrons. The van der Waals surface area contributed by atoms with Gasteiger partial charge in [0, 0.05) is 18.6 Å². The maximum atomic E-state index is 13.8. The van der Waals surface area contributed by atoms with Gasteiger partial charge in [-0.15, -0.1) is 0 Å². The lowest BCUT2D eigenvalue weighted by molar-refractivity contribution is 0.135. The van der Waals surface area contributed by atoms with Gasteiger partial charge in [-0.1, -0.05) is 25.1 Å². The summed E-state index contributed by atoms with van der Waals surface area (Å²) in [5, 5.41) is 0. The number of likely N-dealkylation sites (N-methyl/N-ethyl adjacent to an activating group) is 1. The van der Waals surface area contributed by atoms with Crippen LogP contribution in [0.5, 0.6) is 0 Å². The highest BCUT2D eigenvalue weighted by Crippen LogP contribution is 2.39. The summed E-state index contributed by atoms with van der Waals surface area (Å²) in [6.07, 6.45) is 1.97. The van der Waals surface area contributed by atoms with Crippen LogP contribution in [0.4, 0.5) is 4.39 Å². The summed E-state index contributed by atoms with van der Waals surface area (Å²) >= 11 is 0. The standard InChI is InChI=1S/C16H25FN2/c1-12-8-14(12)10-19(3)16(2,11-18)9-13-6-4-5-7-15(13)17/h4-7,12,14H,8-11,18H2,1-3H3. The number of nitrogens with two attached hydrogens (primary N) is 1. The Morgan fingerprint density at radius 2 is 2.05 bits per heavy atom. The van der Waals surface area contributed by atoms with E-state index in [0.29, 0.717) is 13.0 Å². The van der Waals surface area contributed by atoms with E-state index in [1.54, 1.807) is 6.07 Å². The van der Waals surface area contributed by atoms with Crippen LogP contribution in [0.3, 0.4) is 0 Å². The average Bonchev–Trinajstić information content (AvgIpc) is 3.07. The Balaban J connectivity index is 2.06. The molecule has 0 aromatic heterocycles. The molecule has 1 saturated carbocycles. The molecular weight excluding hydrogens is 239 g/mol. The van der Waals surface area contributed by atoms with Crippen molar-refractivity contribution in [1.82, 2.24) is 4.90 Å². The fourth-order valence-corrected chi connectivity index (χ4v) is 2.64. The van der Waals surface area contributed by atoms with Crippen LogP contribution < -0.4 is 5.73 Å². The van der Waals surface area contributed by atoms with Crippen LogP contribution in [0, 0.1) is 17.7 Å². The van der Waals surface area contributed by atoms with Crippen LogP contribution in [0.15, 0.2) is 24.3 Å². The van der Waals surface area contributed by atoms with Gasteiger partial charge in [0.2, 0.25) is 0 Å². The topological polar surface area (TPSA) is 29.3 Å². The van der Waals surface area contributed by atoms with Crippen LogP contribution in [0.2, 0.25) is 0 Å². The Bertz CT molecular complexity index is 435. The van der Waals surface area contributed by atoms with Crippen molar-refractivity contribution in [1.29, 1.82) is 0 Å². The molecule has 1 aliphatic carbocycles. The summed E-state index contributed by atoms with van der Waals surface area (Å²) < 4.78 is 13.8. The fraction of sp³-hybridized carbons (Fsp3) is 0.625. The van der Waals surface area contributed by atoms with Gasteiger partial charge in [0.05, 0.1) is 0 Å². The molecule has 19 heavy (non-hydrogen) atoms. The predicted molar refractivity (Wildman–Crippen MR) is 77.5 cm³/mol. The van der Waals surface area contributed by atoms with E-state index in [0.717, 1.165) is 23.9 Å². The maximum Gasteiger partial charge on any atom is 0.126 e. The fourth-order valence-electron chi connectivity index (χ4n) is 2.64. The van der Waals surface area contributed by atoms with Crippen LogP contribution in [0.1, 0.15) is 25.8 Å². The first-order chi connectivity index (χ1) is 8.96. The number of hydrogen-bond acceptors (Lipinski definition) is 2. The molecule has 2 nitrogen and oxygen atoms in total. The smallest absolute Gasteiger partial charge is 0.126 e. The lowest BCUT2D eigenvalue weighted by Crippen LogP contribution is -2.52. The summed E-state index contributed by atoms with van der Waals surface area (Å²) in [5.41, 5.74) is 6.55. The molecule has 1 aromatic rings. The number of nitrogens with zero attached hydrogens (tertiary/aromatic N) is 1. The minimum Gasteiger partial charge on any atom is -0.329 e. The second-order valence-corrected chi connectivity index (χ2v) is 6.32. The lowest BCUT2D eigenvalue weighted by Gasteiger charge is -2.38. The van der Waals surface area contributed by atoms with Crippen molar-refractivity contribution in [3.63, 3.8) is 0 Å². The molecule has 1 aliphatic rings. The Morgan fingerprint density at radius 3 is 2.58 bits per heavy atom. The third-order valence-corrected chi connectivity index (χ3v) is 4.67. The van der Waals surface area contributed by atoms with Crippen molar-refractivity contribution in [3.05, 3.63) is 35.6 Å². The van der Waals surface area contributed by atoms with Crippen LogP contribution in [-0.2, 0) is 6.42 Å². The van der Waals surface area contributed by atoms with Crippen molar-refractivity contribution >= 4 is 0 Å². The first kappa shape index (κ1) is 14.5. The molecule has 0 saturated heterocycles. The van der Waals surface area contributed by atoms with Crippen molar-refractivity contribution < 1.29 is 4.39 Å². The van der Waals surface area contributed by atoms with E-state index in [9.17, 15) is 4.39 Å². The monoisotopic (exact) mass is 264 g/mol. The molecule has 3 unspecified atom stereocenters. The summed E-state index contributed by atoms with van der Waals surface area (Å²) in [4.78, 5) is 2.31. The predicted octanol–water partition coefficient (Wildman–Crippen LogP) is 2.67. The van der Waals surface area contributed by atoms with Crippen LogP contribution in [-0.4, -0.2) is 30.6 Å². The highest BCUT2D eigenvalue weighted by molar-refractivity contribution is 5.20. The number of benzene rings is 1. The molecule has 2 rings (SSSR count). The van der Waals surface area contributed by atoms with Gasteiger partial charge in [-0.25, -0.2) is 4.39 Å². The zero-order chi connectivity index (χ0) is 14.0. The molecule has 3 atom stereocenters. The number of rotatable bonds is 6. The third-order valence-electron chi connectivity index (χ3n) is 4.67. The first-order valence-corrected chi connectivity index (χ1v) is 7.11. The highest BCUT2D eigenvalue weighted by Gasteiger charge is 2.37. The van der Waals surface area contributed by atoms with E-state index in [2.05, 4.69) is 25.8 Å². The second kappa shape index (κ2) is 5.59. The SMILES string of the molecule is CC1CC1CN(C)C(C)(CN)Cc1ccccc1F. The van der Waals surface area contributed by atoms with E-state index in [1.165, 1.54) is 12.5 Å². The summed E-state index contributed by atoms with van der Waals surface area (Å²) in [5.74, 6) is 1.49. The van der Waals surface area contributed by atoms with Crippen molar-refractivity contribution in [3.8, 4) is 0 Å². The average molecular weight is 264 g/mol. The largest absolute Gasteiger partial charge is 0.329 e. The van der Waals surface area contributed by atoms with E-state index in [4.69, 9.17) is 5.73 Å². The zero-order valence-corrected chi connectivity index (χ0v) is 12.2. The molecule has 1 aromatic carbocycles. The summed E-state index contributed by atoms with van der Waals surface area (Å²) in [6.45, 7) is 6.02. The molecular formula is C16H25FN2. The second-order valence-electron chi connectivity index (χ2n) is 6.32. The van der Waals surface area contributed by atoms with Crippen molar-refractivity contribution in [2.75, 3.05) is 20.1 Å². The molecule has 1 fully saturated rings.